The third-order valence-corrected chi connectivity index (χ3v) is 3.33. The first-order valence-electron chi connectivity index (χ1n) is 5.45. The van der Waals surface area contributed by atoms with Crippen LogP contribution in [0.3, 0.4) is 0 Å². The van der Waals surface area contributed by atoms with Crippen molar-refractivity contribution in [1.82, 2.24) is 4.98 Å². The number of benzene rings is 1. The van der Waals surface area contributed by atoms with Crippen molar-refractivity contribution in [2.45, 2.75) is 13.3 Å². The van der Waals surface area contributed by atoms with Gasteiger partial charge in [0.25, 0.3) is 0 Å². The molecule has 0 saturated carbocycles. The molecule has 0 amide bonds. The smallest absolute Gasteiger partial charge is 0.168 e. The van der Waals surface area contributed by atoms with E-state index in [-0.39, 0.29) is 18.0 Å². The van der Waals surface area contributed by atoms with E-state index < -0.39 is 0 Å². The summed E-state index contributed by atoms with van der Waals surface area (Å²) < 4.78 is 13.9. The maximum Gasteiger partial charge on any atom is 0.168 e. The van der Waals surface area contributed by atoms with Crippen molar-refractivity contribution >= 4 is 21.7 Å². The third-order valence-electron chi connectivity index (χ3n) is 2.56. The minimum Gasteiger partial charge on any atom is -0.294 e. The molecule has 18 heavy (non-hydrogen) atoms. The summed E-state index contributed by atoms with van der Waals surface area (Å²) in [6, 6.07) is 6.10. The molecule has 0 aliphatic rings. The van der Waals surface area contributed by atoms with E-state index >= 15 is 0 Å². The van der Waals surface area contributed by atoms with E-state index in [0.717, 1.165) is 10.0 Å². The van der Waals surface area contributed by atoms with Crippen molar-refractivity contribution < 1.29 is 9.18 Å². The van der Waals surface area contributed by atoms with E-state index in [2.05, 4.69) is 20.9 Å². The molecule has 0 spiro atoms. The molecule has 0 radical (unpaired) electrons. The number of aryl methyl sites for hydroxylation is 1. The van der Waals surface area contributed by atoms with Crippen LogP contribution in [0.25, 0.3) is 0 Å². The number of hydrogen-bond acceptors (Lipinski definition) is 2. The third kappa shape index (κ3) is 3.01. The van der Waals surface area contributed by atoms with Crippen molar-refractivity contribution in [2.24, 2.45) is 0 Å². The standard InChI is InChI=1S/C14H11BrFNO/c1-9-4-11(8-17-7-9)14(18)6-10-5-12(16)2-3-13(10)15/h2-5,7-8H,6H2,1H3. The number of hydrogen-bond donors (Lipinski definition) is 0. The van der Waals surface area contributed by atoms with Gasteiger partial charge in [0.05, 0.1) is 0 Å². The molecule has 92 valence electrons. The fraction of sp³-hybridized carbons (Fsp3) is 0.143. The van der Waals surface area contributed by atoms with Crippen molar-refractivity contribution in [3.63, 3.8) is 0 Å². The number of Topliss-reactive ketones (excluding diaryl/α,β-unsaturated/α-hetero) is 1. The monoisotopic (exact) mass is 307 g/mol. The molecule has 1 aromatic heterocycles. The first-order valence-corrected chi connectivity index (χ1v) is 6.24. The highest BCUT2D eigenvalue weighted by atomic mass is 79.9. The average Bonchev–Trinajstić information content (AvgIpc) is 2.34. The van der Waals surface area contributed by atoms with Crippen LogP contribution >= 0.6 is 15.9 Å². The second-order valence-electron chi connectivity index (χ2n) is 4.09. The zero-order valence-corrected chi connectivity index (χ0v) is 11.4. The van der Waals surface area contributed by atoms with Crippen LogP contribution < -0.4 is 0 Å². The highest BCUT2D eigenvalue weighted by Crippen LogP contribution is 2.19. The summed E-state index contributed by atoms with van der Waals surface area (Å²) in [5.74, 6) is -0.416. The Labute approximate surface area is 113 Å². The summed E-state index contributed by atoms with van der Waals surface area (Å²) in [6.45, 7) is 1.88. The number of nitrogens with zero attached hydrogens (tertiary/aromatic N) is 1. The molecule has 0 atom stereocenters. The molecule has 0 saturated heterocycles. The summed E-state index contributed by atoms with van der Waals surface area (Å²) >= 11 is 3.31. The molecule has 2 nitrogen and oxygen atoms in total. The van der Waals surface area contributed by atoms with Gasteiger partial charge in [0.1, 0.15) is 5.82 Å². The first-order chi connectivity index (χ1) is 8.56. The van der Waals surface area contributed by atoms with Crippen LogP contribution in [-0.4, -0.2) is 10.8 Å². The normalized spacial score (nSPS) is 10.4. The van der Waals surface area contributed by atoms with E-state index in [1.54, 1.807) is 18.3 Å². The van der Waals surface area contributed by atoms with Crippen molar-refractivity contribution in [2.75, 3.05) is 0 Å². The SMILES string of the molecule is Cc1cncc(C(=O)Cc2cc(F)ccc2Br)c1. The molecule has 2 rings (SSSR count). The lowest BCUT2D eigenvalue weighted by Crippen LogP contribution is -2.05. The molecule has 1 aromatic carbocycles. The zero-order chi connectivity index (χ0) is 13.1. The van der Waals surface area contributed by atoms with Crippen LogP contribution in [0.15, 0.2) is 41.1 Å². The van der Waals surface area contributed by atoms with Crippen LogP contribution in [0, 0.1) is 12.7 Å². The molecule has 0 N–H and O–H groups in total. The Balaban J connectivity index is 2.24. The van der Waals surface area contributed by atoms with Crippen molar-refractivity contribution in [3.05, 3.63) is 63.6 Å². The molecule has 0 bridgehead atoms. The van der Waals surface area contributed by atoms with Gasteiger partial charge in [-0.05, 0) is 42.3 Å². The molecule has 0 unspecified atom stereocenters. The van der Waals surface area contributed by atoms with Gasteiger partial charge < -0.3 is 0 Å². The van der Waals surface area contributed by atoms with E-state index in [1.807, 2.05) is 6.92 Å². The Kier molecular flexibility index (Phi) is 3.87. The van der Waals surface area contributed by atoms with E-state index in [4.69, 9.17) is 0 Å². The molecule has 0 fully saturated rings. The number of rotatable bonds is 3. The van der Waals surface area contributed by atoms with Crippen LogP contribution in [0.1, 0.15) is 21.5 Å². The Hall–Kier alpha value is -1.55. The number of pyridine rings is 1. The Morgan fingerprint density at radius 3 is 2.83 bits per heavy atom. The molecular weight excluding hydrogens is 297 g/mol. The number of carbonyl (C=O) groups is 1. The molecule has 4 heteroatoms. The first kappa shape index (κ1) is 12.9. The number of halogens is 2. The molecule has 2 aromatic rings. The van der Waals surface area contributed by atoms with E-state index in [1.165, 1.54) is 18.3 Å². The van der Waals surface area contributed by atoms with E-state index in [9.17, 15) is 9.18 Å². The lowest BCUT2D eigenvalue weighted by Gasteiger charge is -2.05. The minimum absolute atomic E-state index is 0.0718. The fourth-order valence-electron chi connectivity index (χ4n) is 1.66. The second kappa shape index (κ2) is 5.40. The maximum atomic E-state index is 13.1. The predicted molar refractivity (Wildman–Crippen MR) is 71.1 cm³/mol. The minimum atomic E-state index is -0.344. The van der Waals surface area contributed by atoms with E-state index in [0.29, 0.717) is 11.1 Å². The van der Waals surface area contributed by atoms with Crippen LogP contribution in [0.4, 0.5) is 4.39 Å². The van der Waals surface area contributed by atoms with Gasteiger partial charge in [-0.15, -0.1) is 0 Å². The van der Waals surface area contributed by atoms with Gasteiger partial charge in [-0.25, -0.2) is 4.39 Å². The number of carbonyl (C=O) groups excluding carboxylic acids is 1. The second-order valence-corrected chi connectivity index (χ2v) is 4.94. The lowest BCUT2D eigenvalue weighted by atomic mass is 10.0. The van der Waals surface area contributed by atoms with Gasteiger partial charge in [0.2, 0.25) is 0 Å². The maximum absolute atomic E-state index is 13.1. The predicted octanol–water partition coefficient (Wildman–Crippen LogP) is 3.72. The molecule has 0 aliphatic carbocycles. The van der Waals surface area contributed by atoms with Gasteiger partial charge in [0.15, 0.2) is 5.78 Å². The Morgan fingerprint density at radius 2 is 2.11 bits per heavy atom. The Bertz CT molecular complexity index is 598. The molecular formula is C14H11BrFNO. The summed E-state index contributed by atoms with van der Waals surface area (Å²) in [7, 11) is 0. The number of ketones is 1. The molecule has 1 heterocycles. The molecule has 0 aliphatic heterocycles. The van der Waals surface area contributed by atoms with Crippen LogP contribution in [-0.2, 0) is 6.42 Å². The summed E-state index contributed by atoms with van der Waals surface area (Å²) in [4.78, 5) is 16.0. The summed E-state index contributed by atoms with van der Waals surface area (Å²) in [5.41, 5.74) is 2.12. The van der Waals surface area contributed by atoms with Crippen molar-refractivity contribution in [1.29, 1.82) is 0 Å². The highest BCUT2D eigenvalue weighted by Gasteiger charge is 2.10. The zero-order valence-electron chi connectivity index (χ0n) is 9.78. The summed E-state index contributed by atoms with van der Waals surface area (Å²) in [6.07, 6.45) is 3.38. The van der Waals surface area contributed by atoms with Crippen LogP contribution in [0.5, 0.6) is 0 Å². The van der Waals surface area contributed by atoms with Gasteiger partial charge in [-0.2, -0.15) is 0 Å². The largest absolute Gasteiger partial charge is 0.294 e. The number of aromatic nitrogens is 1. The van der Waals surface area contributed by atoms with Gasteiger partial charge >= 0.3 is 0 Å². The topological polar surface area (TPSA) is 30.0 Å². The van der Waals surface area contributed by atoms with Gasteiger partial charge in [0, 0.05) is 28.9 Å². The lowest BCUT2D eigenvalue weighted by molar-refractivity contribution is 0.0992. The fourth-order valence-corrected chi connectivity index (χ4v) is 2.05. The summed E-state index contributed by atoms with van der Waals surface area (Å²) in [5, 5.41) is 0. The highest BCUT2D eigenvalue weighted by molar-refractivity contribution is 9.10. The van der Waals surface area contributed by atoms with Crippen LogP contribution in [0.2, 0.25) is 0 Å². The average molecular weight is 308 g/mol. The van der Waals surface area contributed by atoms with Gasteiger partial charge in [-0.1, -0.05) is 15.9 Å². The van der Waals surface area contributed by atoms with Crippen molar-refractivity contribution in [3.8, 4) is 0 Å². The van der Waals surface area contributed by atoms with Gasteiger partial charge in [-0.3, -0.25) is 9.78 Å². The Morgan fingerprint density at radius 1 is 1.33 bits per heavy atom. The quantitative estimate of drug-likeness (QED) is 0.809.